The average Bonchev–Trinajstić information content (AvgIpc) is 2.59. The monoisotopic (exact) mass is 192 g/mol. The minimum absolute atomic E-state index is 0.288. The molecule has 0 aromatic carbocycles. The summed E-state index contributed by atoms with van der Waals surface area (Å²) in [6, 6.07) is 3.16. The lowest BCUT2D eigenvalue weighted by atomic mass is 10.3. The van der Waals surface area contributed by atoms with Crippen LogP contribution in [0.3, 0.4) is 0 Å². The molecule has 0 aliphatic heterocycles. The molecular weight excluding hydrogens is 184 g/mol. The fourth-order valence-electron chi connectivity index (χ4n) is 1.15. The molecule has 0 spiro atoms. The maximum Gasteiger partial charge on any atom is 0.338 e. The molecular formula is C8H8N4O2. The number of aromatic nitrogens is 3. The number of hydrogen-bond donors (Lipinski definition) is 1. The number of pyridine rings is 1. The molecule has 0 aliphatic carbocycles. The first-order valence-corrected chi connectivity index (χ1v) is 3.91. The summed E-state index contributed by atoms with van der Waals surface area (Å²) >= 11 is 0. The van der Waals surface area contributed by atoms with Crippen LogP contribution < -0.4 is 5.73 Å². The van der Waals surface area contributed by atoms with Crippen molar-refractivity contribution in [1.29, 1.82) is 0 Å². The van der Waals surface area contributed by atoms with E-state index in [1.165, 1.54) is 7.11 Å². The zero-order valence-corrected chi connectivity index (χ0v) is 7.47. The highest BCUT2D eigenvalue weighted by molar-refractivity contribution is 5.90. The molecule has 6 heteroatoms. The minimum Gasteiger partial charge on any atom is -0.465 e. The molecule has 2 N–H and O–H groups in total. The number of anilines is 1. The normalized spacial score (nSPS) is 10.4. The average molecular weight is 192 g/mol. The summed E-state index contributed by atoms with van der Waals surface area (Å²) < 4.78 is 6.14. The van der Waals surface area contributed by atoms with Crippen LogP contribution >= 0.6 is 0 Å². The van der Waals surface area contributed by atoms with Crippen LogP contribution in [-0.4, -0.2) is 27.7 Å². The van der Waals surface area contributed by atoms with E-state index in [4.69, 9.17) is 5.73 Å². The topological polar surface area (TPSA) is 82.5 Å². The summed E-state index contributed by atoms with van der Waals surface area (Å²) in [6.45, 7) is 0. The number of nitrogens with two attached hydrogens (primary N) is 1. The molecule has 0 atom stereocenters. The smallest absolute Gasteiger partial charge is 0.338 e. The Morgan fingerprint density at radius 1 is 1.57 bits per heavy atom. The van der Waals surface area contributed by atoms with Crippen molar-refractivity contribution in [2.45, 2.75) is 0 Å². The van der Waals surface area contributed by atoms with Crippen LogP contribution in [0.25, 0.3) is 5.65 Å². The molecule has 2 heterocycles. The van der Waals surface area contributed by atoms with Gasteiger partial charge in [-0.15, -0.1) is 10.2 Å². The predicted molar refractivity (Wildman–Crippen MR) is 48.7 cm³/mol. The number of carbonyl (C=O) groups excluding carboxylic acids is 1. The van der Waals surface area contributed by atoms with Gasteiger partial charge in [-0.25, -0.2) is 4.79 Å². The van der Waals surface area contributed by atoms with Crippen molar-refractivity contribution >= 4 is 17.6 Å². The van der Waals surface area contributed by atoms with Crippen LogP contribution in [0.4, 0.5) is 5.95 Å². The summed E-state index contributed by atoms with van der Waals surface area (Å²) in [5.74, 6) is -0.120. The highest BCUT2D eigenvalue weighted by Crippen LogP contribution is 2.08. The van der Waals surface area contributed by atoms with Crippen LogP contribution in [0.1, 0.15) is 10.4 Å². The summed E-state index contributed by atoms with van der Waals surface area (Å²) in [5, 5.41) is 7.44. The standard InChI is InChI=1S/C8H8N4O2/c1-14-7(13)5-2-3-12-6(4-5)10-11-8(12)9/h2-4H,1H3,(H2,9,11). The Kier molecular flexibility index (Phi) is 1.81. The Balaban J connectivity index is 2.57. The van der Waals surface area contributed by atoms with Crippen LogP contribution in [0.5, 0.6) is 0 Å². The van der Waals surface area contributed by atoms with Crippen molar-refractivity contribution in [3.8, 4) is 0 Å². The van der Waals surface area contributed by atoms with Crippen molar-refractivity contribution in [2.75, 3.05) is 12.8 Å². The van der Waals surface area contributed by atoms with Gasteiger partial charge in [-0.2, -0.15) is 0 Å². The molecule has 72 valence electrons. The van der Waals surface area contributed by atoms with Crippen molar-refractivity contribution in [3.05, 3.63) is 23.9 Å². The molecule has 0 fully saturated rings. The van der Waals surface area contributed by atoms with E-state index in [-0.39, 0.29) is 5.95 Å². The number of rotatable bonds is 1. The quantitative estimate of drug-likeness (QED) is 0.648. The maximum absolute atomic E-state index is 11.2. The van der Waals surface area contributed by atoms with Gasteiger partial charge < -0.3 is 10.5 Å². The fourth-order valence-corrected chi connectivity index (χ4v) is 1.15. The van der Waals surface area contributed by atoms with Gasteiger partial charge in [0.1, 0.15) is 0 Å². The molecule has 0 unspecified atom stereocenters. The number of esters is 1. The lowest BCUT2D eigenvalue weighted by molar-refractivity contribution is 0.0600. The molecule has 2 rings (SSSR count). The number of nitrogens with zero attached hydrogens (tertiary/aromatic N) is 3. The molecule has 6 nitrogen and oxygen atoms in total. The summed E-state index contributed by atoms with van der Waals surface area (Å²) in [7, 11) is 1.32. The summed E-state index contributed by atoms with van der Waals surface area (Å²) in [4.78, 5) is 11.2. The number of methoxy groups -OCH3 is 1. The molecule has 0 aliphatic rings. The minimum atomic E-state index is -0.408. The van der Waals surface area contributed by atoms with Crippen LogP contribution in [-0.2, 0) is 4.74 Å². The van der Waals surface area contributed by atoms with Gasteiger partial charge in [0.05, 0.1) is 12.7 Å². The van der Waals surface area contributed by atoms with E-state index in [0.717, 1.165) is 0 Å². The third-order valence-corrected chi connectivity index (χ3v) is 1.86. The molecule has 0 amide bonds. The Morgan fingerprint density at radius 3 is 3.07 bits per heavy atom. The molecule has 14 heavy (non-hydrogen) atoms. The lowest BCUT2D eigenvalue weighted by Gasteiger charge is -1.99. The Labute approximate surface area is 79.3 Å². The maximum atomic E-state index is 11.2. The van der Waals surface area contributed by atoms with E-state index >= 15 is 0 Å². The SMILES string of the molecule is COC(=O)c1ccn2c(N)nnc2c1. The van der Waals surface area contributed by atoms with E-state index in [0.29, 0.717) is 11.2 Å². The van der Waals surface area contributed by atoms with E-state index in [1.54, 1.807) is 22.7 Å². The Bertz CT molecular complexity index is 491. The van der Waals surface area contributed by atoms with Gasteiger partial charge in [0.15, 0.2) is 5.65 Å². The summed E-state index contributed by atoms with van der Waals surface area (Å²) in [5.41, 5.74) is 6.45. The number of hydrogen-bond acceptors (Lipinski definition) is 5. The molecule has 0 saturated heterocycles. The molecule has 2 aromatic heterocycles. The van der Waals surface area contributed by atoms with Gasteiger partial charge >= 0.3 is 5.97 Å². The third-order valence-electron chi connectivity index (χ3n) is 1.86. The second-order valence-corrected chi connectivity index (χ2v) is 2.69. The highest BCUT2D eigenvalue weighted by Gasteiger charge is 2.08. The second-order valence-electron chi connectivity index (χ2n) is 2.69. The number of nitrogen functional groups attached to an aromatic ring is 1. The van der Waals surface area contributed by atoms with E-state index in [1.807, 2.05) is 0 Å². The zero-order chi connectivity index (χ0) is 10.1. The van der Waals surface area contributed by atoms with Crippen LogP contribution in [0.15, 0.2) is 18.3 Å². The van der Waals surface area contributed by atoms with Crippen molar-refractivity contribution in [2.24, 2.45) is 0 Å². The van der Waals surface area contributed by atoms with Gasteiger partial charge in [-0.05, 0) is 12.1 Å². The first-order chi connectivity index (χ1) is 6.72. The van der Waals surface area contributed by atoms with Gasteiger partial charge in [-0.3, -0.25) is 4.40 Å². The number of fused-ring (bicyclic) bond motifs is 1. The van der Waals surface area contributed by atoms with Gasteiger partial charge in [0.25, 0.3) is 0 Å². The van der Waals surface area contributed by atoms with E-state index in [2.05, 4.69) is 14.9 Å². The zero-order valence-electron chi connectivity index (χ0n) is 7.47. The second kappa shape index (κ2) is 2.99. The predicted octanol–water partition coefficient (Wildman–Crippen LogP) is 0.0981. The van der Waals surface area contributed by atoms with Crippen LogP contribution in [0.2, 0.25) is 0 Å². The first kappa shape index (κ1) is 8.49. The largest absolute Gasteiger partial charge is 0.465 e. The van der Waals surface area contributed by atoms with Gasteiger partial charge in [0, 0.05) is 6.20 Å². The highest BCUT2D eigenvalue weighted by atomic mass is 16.5. The summed E-state index contributed by atoms with van der Waals surface area (Å²) in [6.07, 6.45) is 1.62. The van der Waals surface area contributed by atoms with E-state index in [9.17, 15) is 4.79 Å². The van der Waals surface area contributed by atoms with Gasteiger partial charge in [0.2, 0.25) is 5.95 Å². The van der Waals surface area contributed by atoms with Crippen molar-refractivity contribution in [3.63, 3.8) is 0 Å². The van der Waals surface area contributed by atoms with Gasteiger partial charge in [-0.1, -0.05) is 0 Å². The van der Waals surface area contributed by atoms with Crippen LogP contribution in [0, 0.1) is 0 Å². The molecule has 2 aromatic rings. The molecule has 0 saturated carbocycles. The first-order valence-electron chi connectivity index (χ1n) is 3.91. The lowest BCUT2D eigenvalue weighted by Crippen LogP contribution is -2.02. The number of ether oxygens (including phenoxy) is 1. The Hall–Kier alpha value is -2.11. The van der Waals surface area contributed by atoms with Crippen molar-refractivity contribution < 1.29 is 9.53 Å². The third kappa shape index (κ3) is 1.17. The molecule has 0 radical (unpaired) electrons. The van der Waals surface area contributed by atoms with E-state index < -0.39 is 5.97 Å². The van der Waals surface area contributed by atoms with Crippen molar-refractivity contribution in [1.82, 2.24) is 14.6 Å². The molecule has 0 bridgehead atoms. The number of carbonyl (C=O) groups is 1. The Morgan fingerprint density at radius 2 is 2.36 bits per heavy atom. The fraction of sp³-hybridized carbons (Fsp3) is 0.125.